The molecule has 0 atom stereocenters. The highest BCUT2D eigenvalue weighted by molar-refractivity contribution is 7.92. The van der Waals surface area contributed by atoms with Gasteiger partial charge < -0.3 is 5.32 Å². The highest BCUT2D eigenvalue weighted by Gasteiger charge is 2.25. The Morgan fingerprint density at radius 2 is 2.14 bits per heavy atom. The van der Waals surface area contributed by atoms with Crippen LogP contribution in [-0.4, -0.2) is 25.7 Å². The van der Waals surface area contributed by atoms with Crippen molar-refractivity contribution in [2.75, 3.05) is 11.8 Å². The van der Waals surface area contributed by atoms with Crippen LogP contribution in [0.15, 0.2) is 23.1 Å². The first kappa shape index (κ1) is 15.7. The van der Waals surface area contributed by atoms with E-state index in [1.807, 2.05) is 0 Å². The van der Waals surface area contributed by atoms with Crippen molar-refractivity contribution < 1.29 is 12.8 Å². The summed E-state index contributed by atoms with van der Waals surface area (Å²) in [5.74, 6) is -0.709. The molecule has 6 nitrogen and oxygen atoms in total. The minimum Gasteiger partial charge on any atom is -0.314 e. The molecule has 21 heavy (non-hydrogen) atoms. The number of hydrogen-bond acceptors (Lipinski definition) is 4. The number of anilines is 1. The van der Waals surface area contributed by atoms with Gasteiger partial charge in [-0.1, -0.05) is 11.6 Å². The number of nitrogens with one attached hydrogen (secondary N) is 3. The highest BCUT2D eigenvalue weighted by Crippen LogP contribution is 2.25. The Morgan fingerprint density at radius 1 is 1.43 bits per heavy atom. The largest absolute Gasteiger partial charge is 0.314 e. The predicted octanol–water partition coefficient (Wildman–Crippen LogP) is 2.03. The third-order valence-corrected chi connectivity index (χ3v) is 4.55. The fraction of sp³-hybridized carbons (Fsp3) is 0.250. The second kappa shape index (κ2) is 6.00. The number of benzene rings is 1. The van der Waals surface area contributed by atoms with E-state index in [0.717, 1.165) is 6.07 Å². The van der Waals surface area contributed by atoms with Crippen molar-refractivity contribution in [3.05, 3.63) is 40.4 Å². The summed E-state index contributed by atoms with van der Waals surface area (Å²) in [6.07, 6.45) is 0. The number of aryl methyl sites for hydroxylation is 1. The average Bonchev–Trinajstić information content (AvgIpc) is 2.76. The molecule has 0 spiro atoms. The van der Waals surface area contributed by atoms with E-state index in [2.05, 4.69) is 20.2 Å². The van der Waals surface area contributed by atoms with Crippen LogP contribution in [0.1, 0.15) is 11.4 Å². The van der Waals surface area contributed by atoms with Crippen LogP contribution in [0.3, 0.4) is 0 Å². The number of rotatable bonds is 5. The number of halogens is 2. The summed E-state index contributed by atoms with van der Waals surface area (Å²) < 4.78 is 40.7. The summed E-state index contributed by atoms with van der Waals surface area (Å²) in [7, 11) is -2.30. The second-order valence-electron chi connectivity index (χ2n) is 4.38. The molecule has 0 aliphatic rings. The number of H-pyrrole nitrogens is 1. The maximum Gasteiger partial charge on any atom is 0.265 e. The Labute approximate surface area is 126 Å². The van der Waals surface area contributed by atoms with Crippen LogP contribution in [0.4, 0.5) is 10.1 Å². The monoisotopic (exact) mass is 332 g/mol. The fourth-order valence-electron chi connectivity index (χ4n) is 1.88. The van der Waals surface area contributed by atoms with Crippen molar-refractivity contribution in [3.8, 4) is 0 Å². The molecule has 0 bridgehead atoms. The molecule has 0 saturated carbocycles. The minimum atomic E-state index is -3.98. The molecular formula is C12H14ClFN4O2S. The predicted molar refractivity (Wildman–Crippen MR) is 78.3 cm³/mol. The molecular weight excluding hydrogens is 319 g/mol. The third-order valence-electron chi connectivity index (χ3n) is 2.75. The molecule has 0 fully saturated rings. The van der Waals surface area contributed by atoms with Crippen LogP contribution >= 0.6 is 11.6 Å². The molecule has 2 aromatic rings. The van der Waals surface area contributed by atoms with Crippen molar-refractivity contribution >= 4 is 27.3 Å². The molecule has 3 N–H and O–H groups in total. The van der Waals surface area contributed by atoms with Gasteiger partial charge in [0.25, 0.3) is 10.0 Å². The first-order chi connectivity index (χ1) is 9.85. The Kier molecular flexibility index (Phi) is 4.50. The Balaban J connectivity index is 2.43. The summed E-state index contributed by atoms with van der Waals surface area (Å²) in [4.78, 5) is -0.00349. The number of aromatic amines is 1. The average molecular weight is 333 g/mol. The molecule has 0 aliphatic carbocycles. The maximum atomic E-state index is 13.7. The molecule has 1 aromatic heterocycles. The van der Waals surface area contributed by atoms with Crippen molar-refractivity contribution in [1.82, 2.24) is 15.5 Å². The Hall–Kier alpha value is -1.64. The topological polar surface area (TPSA) is 86.9 Å². The summed E-state index contributed by atoms with van der Waals surface area (Å²) in [6.45, 7) is 1.84. The van der Waals surface area contributed by atoms with Crippen LogP contribution < -0.4 is 10.0 Å². The first-order valence-corrected chi connectivity index (χ1v) is 7.87. The Morgan fingerprint density at radius 3 is 2.81 bits per heavy atom. The summed E-state index contributed by atoms with van der Waals surface area (Å²) in [6, 6.07) is 3.64. The molecule has 9 heteroatoms. The summed E-state index contributed by atoms with van der Waals surface area (Å²) >= 11 is 5.75. The van der Waals surface area contributed by atoms with Crippen LogP contribution in [0.25, 0.3) is 0 Å². The molecule has 1 aromatic carbocycles. The zero-order chi connectivity index (χ0) is 15.6. The summed E-state index contributed by atoms with van der Waals surface area (Å²) in [5.41, 5.74) is 0.485. The molecule has 0 saturated heterocycles. The van der Waals surface area contributed by atoms with Crippen LogP contribution in [0.2, 0.25) is 5.02 Å². The molecule has 0 aliphatic heterocycles. The third kappa shape index (κ3) is 3.34. The van der Waals surface area contributed by atoms with E-state index >= 15 is 0 Å². The maximum absolute atomic E-state index is 13.7. The van der Waals surface area contributed by atoms with E-state index in [-0.39, 0.29) is 22.2 Å². The van der Waals surface area contributed by atoms with E-state index < -0.39 is 15.8 Å². The molecule has 0 unspecified atom stereocenters. The lowest BCUT2D eigenvalue weighted by molar-refractivity contribution is 0.596. The van der Waals surface area contributed by atoms with E-state index in [0.29, 0.717) is 11.4 Å². The minimum absolute atomic E-state index is 0.00349. The number of nitrogens with zero attached hydrogens (tertiary/aromatic N) is 1. The lowest BCUT2D eigenvalue weighted by Gasteiger charge is -2.10. The van der Waals surface area contributed by atoms with Crippen molar-refractivity contribution in [1.29, 1.82) is 0 Å². The van der Waals surface area contributed by atoms with Gasteiger partial charge in [0.15, 0.2) is 0 Å². The Bertz CT molecular complexity index is 761. The van der Waals surface area contributed by atoms with Gasteiger partial charge in [-0.3, -0.25) is 9.82 Å². The summed E-state index contributed by atoms with van der Waals surface area (Å²) in [5, 5.41) is 9.59. The van der Waals surface area contributed by atoms with Crippen LogP contribution in [-0.2, 0) is 16.6 Å². The van der Waals surface area contributed by atoms with Gasteiger partial charge in [0, 0.05) is 11.6 Å². The standard InChI is InChI=1S/C12H14ClFN4O2S/c1-7-12(11(6-15-2)17-16-7)21(19,20)18-10-5-8(13)3-4-9(10)14/h3-5,15,18H,6H2,1-2H3,(H,16,17). The number of aromatic nitrogens is 2. The zero-order valence-electron chi connectivity index (χ0n) is 11.4. The lowest BCUT2D eigenvalue weighted by atomic mass is 10.3. The van der Waals surface area contributed by atoms with Gasteiger partial charge in [0.05, 0.1) is 17.1 Å². The van der Waals surface area contributed by atoms with Gasteiger partial charge in [0.2, 0.25) is 0 Å². The van der Waals surface area contributed by atoms with E-state index in [4.69, 9.17) is 11.6 Å². The molecule has 0 amide bonds. The lowest BCUT2D eigenvalue weighted by Crippen LogP contribution is -2.18. The number of sulfonamides is 1. The molecule has 0 radical (unpaired) electrons. The molecule has 2 rings (SSSR count). The van der Waals surface area contributed by atoms with Gasteiger partial charge in [-0.05, 0) is 32.2 Å². The molecule has 1 heterocycles. The quantitative estimate of drug-likeness (QED) is 0.782. The van der Waals surface area contributed by atoms with Gasteiger partial charge in [-0.15, -0.1) is 0 Å². The van der Waals surface area contributed by atoms with E-state index in [1.54, 1.807) is 14.0 Å². The smallest absolute Gasteiger partial charge is 0.265 e. The highest BCUT2D eigenvalue weighted by atomic mass is 35.5. The SMILES string of the molecule is CNCc1n[nH]c(C)c1S(=O)(=O)Nc1cc(Cl)ccc1F. The van der Waals surface area contributed by atoms with Gasteiger partial charge in [-0.2, -0.15) is 5.10 Å². The van der Waals surface area contributed by atoms with Crippen LogP contribution in [0, 0.1) is 12.7 Å². The van der Waals surface area contributed by atoms with Gasteiger partial charge in [-0.25, -0.2) is 12.8 Å². The number of hydrogen-bond donors (Lipinski definition) is 3. The van der Waals surface area contributed by atoms with Crippen molar-refractivity contribution in [3.63, 3.8) is 0 Å². The van der Waals surface area contributed by atoms with Crippen molar-refractivity contribution in [2.45, 2.75) is 18.4 Å². The molecule has 114 valence electrons. The first-order valence-electron chi connectivity index (χ1n) is 6.01. The van der Waals surface area contributed by atoms with Gasteiger partial charge >= 0.3 is 0 Å². The van der Waals surface area contributed by atoms with E-state index in [9.17, 15) is 12.8 Å². The van der Waals surface area contributed by atoms with Gasteiger partial charge in [0.1, 0.15) is 10.7 Å². The van der Waals surface area contributed by atoms with Crippen molar-refractivity contribution in [2.24, 2.45) is 0 Å². The van der Waals surface area contributed by atoms with Crippen LogP contribution in [0.5, 0.6) is 0 Å². The zero-order valence-corrected chi connectivity index (χ0v) is 12.9. The normalized spacial score (nSPS) is 11.6. The van der Waals surface area contributed by atoms with E-state index in [1.165, 1.54) is 12.1 Å². The second-order valence-corrected chi connectivity index (χ2v) is 6.44. The fourth-order valence-corrected chi connectivity index (χ4v) is 3.48.